The molecule has 94 valence electrons. The molecule has 2 aromatic rings. The number of hydrogen-bond acceptors (Lipinski definition) is 2. The highest BCUT2D eigenvalue weighted by molar-refractivity contribution is 6.30. The second kappa shape index (κ2) is 4.45. The Morgan fingerprint density at radius 2 is 1.89 bits per heavy atom. The van der Waals surface area contributed by atoms with Gasteiger partial charge in [-0.1, -0.05) is 17.7 Å². The fourth-order valence-electron chi connectivity index (χ4n) is 1.47. The molecule has 7 heteroatoms. The topological polar surface area (TPSA) is 45.8 Å². The zero-order valence-corrected chi connectivity index (χ0v) is 9.51. The Hall–Kier alpha value is -1.82. The number of aromatic amines is 1. The number of benzene rings is 1. The number of aromatic nitrogens is 2. The van der Waals surface area contributed by atoms with E-state index in [0.717, 1.165) is 12.1 Å². The average Bonchev–Trinajstić information content (AvgIpc) is 2.29. The van der Waals surface area contributed by atoms with Gasteiger partial charge in [-0.15, -0.1) is 0 Å². The van der Waals surface area contributed by atoms with E-state index in [4.69, 9.17) is 11.6 Å². The second-order valence-electron chi connectivity index (χ2n) is 3.49. The third kappa shape index (κ3) is 2.53. The van der Waals surface area contributed by atoms with Crippen molar-refractivity contribution in [1.29, 1.82) is 0 Å². The van der Waals surface area contributed by atoms with E-state index in [1.807, 2.05) is 0 Å². The van der Waals surface area contributed by atoms with Gasteiger partial charge in [0.2, 0.25) is 0 Å². The van der Waals surface area contributed by atoms with Gasteiger partial charge in [0, 0.05) is 16.7 Å². The first-order chi connectivity index (χ1) is 8.38. The van der Waals surface area contributed by atoms with E-state index in [-0.39, 0.29) is 16.3 Å². The molecule has 2 rings (SSSR count). The Kier molecular flexibility index (Phi) is 3.13. The van der Waals surface area contributed by atoms with Crippen LogP contribution in [0, 0.1) is 0 Å². The van der Waals surface area contributed by atoms with Crippen molar-refractivity contribution in [3.05, 3.63) is 51.3 Å². The minimum Gasteiger partial charge on any atom is -0.268 e. The van der Waals surface area contributed by atoms with Crippen molar-refractivity contribution in [2.24, 2.45) is 0 Å². The zero-order chi connectivity index (χ0) is 13.3. The molecule has 3 nitrogen and oxygen atoms in total. The molecule has 1 aromatic heterocycles. The number of nitrogens with zero attached hydrogens (tertiary/aromatic N) is 1. The van der Waals surface area contributed by atoms with Crippen molar-refractivity contribution in [3.63, 3.8) is 0 Å². The van der Waals surface area contributed by atoms with Gasteiger partial charge in [-0.05, 0) is 18.2 Å². The highest BCUT2D eigenvalue weighted by Crippen LogP contribution is 2.37. The molecule has 0 unspecified atom stereocenters. The Balaban J connectivity index is 2.64. The van der Waals surface area contributed by atoms with Crippen LogP contribution in [0.15, 0.2) is 35.1 Å². The molecule has 0 aliphatic rings. The summed E-state index contributed by atoms with van der Waals surface area (Å²) in [6.07, 6.45) is -4.54. The molecule has 0 radical (unpaired) electrons. The summed E-state index contributed by atoms with van der Waals surface area (Å²) in [5.74, 6) is 0. The molecule has 0 amide bonds. The number of rotatable bonds is 1. The molecular weight excluding hydrogens is 269 g/mol. The van der Waals surface area contributed by atoms with Crippen LogP contribution in [0.25, 0.3) is 11.3 Å². The largest absolute Gasteiger partial charge is 0.417 e. The Morgan fingerprint density at radius 1 is 1.17 bits per heavy atom. The van der Waals surface area contributed by atoms with E-state index in [9.17, 15) is 18.0 Å². The van der Waals surface area contributed by atoms with Crippen molar-refractivity contribution in [2.75, 3.05) is 0 Å². The maximum atomic E-state index is 12.8. The normalized spacial score (nSPS) is 11.6. The summed E-state index contributed by atoms with van der Waals surface area (Å²) in [5, 5.41) is 5.64. The maximum Gasteiger partial charge on any atom is 0.417 e. The van der Waals surface area contributed by atoms with Gasteiger partial charge in [0.15, 0.2) is 0 Å². The average molecular weight is 275 g/mol. The van der Waals surface area contributed by atoms with Gasteiger partial charge in [0.05, 0.1) is 11.3 Å². The molecule has 0 bridgehead atoms. The van der Waals surface area contributed by atoms with Gasteiger partial charge >= 0.3 is 6.18 Å². The summed E-state index contributed by atoms with van der Waals surface area (Å²) in [6, 6.07) is 5.70. The molecule has 0 saturated heterocycles. The predicted molar refractivity (Wildman–Crippen MR) is 60.3 cm³/mol. The van der Waals surface area contributed by atoms with Crippen LogP contribution in [0.2, 0.25) is 5.02 Å². The van der Waals surface area contributed by atoms with Crippen molar-refractivity contribution in [3.8, 4) is 11.3 Å². The van der Waals surface area contributed by atoms with Crippen LogP contribution in [0.5, 0.6) is 0 Å². The van der Waals surface area contributed by atoms with Gasteiger partial charge in [0.25, 0.3) is 5.56 Å². The minimum absolute atomic E-state index is 0.0181. The number of H-pyrrole nitrogens is 1. The molecular formula is C11H6ClF3N2O. The van der Waals surface area contributed by atoms with Crippen LogP contribution in [-0.4, -0.2) is 10.2 Å². The molecule has 0 saturated carbocycles. The Labute approximate surface area is 104 Å². The third-order valence-electron chi connectivity index (χ3n) is 2.24. The van der Waals surface area contributed by atoms with Gasteiger partial charge in [-0.2, -0.15) is 18.3 Å². The van der Waals surface area contributed by atoms with Crippen LogP contribution in [0.1, 0.15) is 5.56 Å². The number of halogens is 4. The van der Waals surface area contributed by atoms with E-state index in [2.05, 4.69) is 10.2 Å². The fraction of sp³-hybridized carbons (Fsp3) is 0.0909. The van der Waals surface area contributed by atoms with E-state index >= 15 is 0 Å². The first kappa shape index (κ1) is 12.6. The first-order valence-corrected chi connectivity index (χ1v) is 5.18. The Morgan fingerprint density at radius 3 is 2.44 bits per heavy atom. The smallest absolute Gasteiger partial charge is 0.268 e. The number of hydrogen-bond donors (Lipinski definition) is 1. The Bertz CT molecular complexity index is 616. The lowest BCUT2D eigenvalue weighted by molar-refractivity contribution is -0.137. The van der Waals surface area contributed by atoms with Crippen LogP contribution >= 0.6 is 11.6 Å². The SMILES string of the molecule is O=c1ccc(-c2ccc(Cl)cc2C(F)(F)F)n[nH]1. The molecule has 0 spiro atoms. The summed E-state index contributed by atoms with van der Waals surface area (Å²) in [7, 11) is 0. The summed E-state index contributed by atoms with van der Waals surface area (Å²) < 4.78 is 38.5. The van der Waals surface area contributed by atoms with Crippen molar-refractivity contribution in [1.82, 2.24) is 10.2 Å². The molecule has 1 heterocycles. The van der Waals surface area contributed by atoms with E-state index in [1.165, 1.54) is 18.2 Å². The van der Waals surface area contributed by atoms with Crippen LogP contribution in [-0.2, 0) is 6.18 Å². The highest BCUT2D eigenvalue weighted by Gasteiger charge is 2.34. The number of alkyl halides is 3. The van der Waals surface area contributed by atoms with Gasteiger partial charge in [-0.25, -0.2) is 5.10 Å². The second-order valence-corrected chi connectivity index (χ2v) is 3.93. The molecule has 1 N–H and O–H groups in total. The molecule has 1 aromatic carbocycles. The lowest BCUT2D eigenvalue weighted by Crippen LogP contribution is -2.10. The van der Waals surface area contributed by atoms with Crippen LogP contribution in [0.3, 0.4) is 0 Å². The zero-order valence-electron chi connectivity index (χ0n) is 8.75. The lowest BCUT2D eigenvalue weighted by Gasteiger charge is -2.12. The quantitative estimate of drug-likeness (QED) is 0.868. The summed E-state index contributed by atoms with van der Waals surface area (Å²) in [4.78, 5) is 10.8. The molecule has 0 aliphatic carbocycles. The predicted octanol–water partition coefficient (Wildman–Crippen LogP) is 3.11. The summed E-state index contributed by atoms with van der Waals surface area (Å²) >= 11 is 5.56. The lowest BCUT2D eigenvalue weighted by atomic mass is 10.0. The van der Waals surface area contributed by atoms with Gasteiger partial charge in [-0.3, -0.25) is 4.79 Å². The van der Waals surface area contributed by atoms with Crippen LogP contribution < -0.4 is 5.56 Å². The summed E-state index contributed by atoms with van der Waals surface area (Å²) in [5.41, 5.74) is -1.49. The molecule has 0 aliphatic heterocycles. The first-order valence-electron chi connectivity index (χ1n) is 4.81. The van der Waals surface area contributed by atoms with Gasteiger partial charge < -0.3 is 0 Å². The fourth-order valence-corrected chi connectivity index (χ4v) is 1.64. The third-order valence-corrected chi connectivity index (χ3v) is 2.48. The monoisotopic (exact) mass is 274 g/mol. The standard InChI is InChI=1S/C11H6ClF3N2O/c12-6-1-2-7(8(5-6)11(13,14)15)9-3-4-10(18)17-16-9/h1-5H,(H,17,18). The number of nitrogens with one attached hydrogen (secondary N) is 1. The maximum absolute atomic E-state index is 12.8. The van der Waals surface area contributed by atoms with Crippen molar-refractivity contribution >= 4 is 11.6 Å². The van der Waals surface area contributed by atoms with E-state index in [1.54, 1.807) is 0 Å². The van der Waals surface area contributed by atoms with E-state index in [0.29, 0.717) is 0 Å². The van der Waals surface area contributed by atoms with E-state index < -0.39 is 17.3 Å². The minimum atomic E-state index is -4.54. The van der Waals surface area contributed by atoms with Crippen molar-refractivity contribution in [2.45, 2.75) is 6.18 Å². The summed E-state index contributed by atoms with van der Waals surface area (Å²) in [6.45, 7) is 0. The molecule has 18 heavy (non-hydrogen) atoms. The van der Waals surface area contributed by atoms with Crippen molar-refractivity contribution < 1.29 is 13.2 Å². The van der Waals surface area contributed by atoms with Crippen LogP contribution in [0.4, 0.5) is 13.2 Å². The van der Waals surface area contributed by atoms with Gasteiger partial charge in [0.1, 0.15) is 0 Å². The molecule has 0 fully saturated rings. The highest BCUT2D eigenvalue weighted by atomic mass is 35.5. The molecule has 0 atom stereocenters.